The smallest absolute Gasteiger partial charge is 0.125 e. The standard InChI is InChI=1S/C10H13BrClN3/c11-10-7(12)5-8(13)9(15-10)6-1-3-14-4-2-6/h5-6,14H,1-4,13H2. The first-order valence-electron chi connectivity index (χ1n) is 5.00. The quantitative estimate of drug-likeness (QED) is 0.782. The van der Waals surface area contributed by atoms with Gasteiger partial charge in [-0.3, -0.25) is 0 Å². The van der Waals surface area contributed by atoms with Crippen LogP contribution in [0.4, 0.5) is 5.69 Å². The number of hydrogen-bond acceptors (Lipinski definition) is 3. The molecule has 0 unspecified atom stereocenters. The van der Waals surface area contributed by atoms with Gasteiger partial charge in [0.2, 0.25) is 0 Å². The fourth-order valence-corrected chi connectivity index (χ4v) is 2.38. The van der Waals surface area contributed by atoms with Crippen molar-refractivity contribution in [2.75, 3.05) is 18.8 Å². The van der Waals surface area contributed by atoms with Gasteiger partial charge in [0.1, 0.15) is 4.60 Å². The summed E-state index contributed by atoms with van der Waals surface area (Å²) in [6.45, 7) is 2.07. The molecule has 0 aliphatic carbocycles. The van der Waals surface area contributed by atoms with Gasteiger partial charge in [0, 0.05) is 5.92 Å². The van der Waals surface area contributed by atoms with Crippen molar-refractivity contribution >= 4 is 33.2 Å². The first-order valence-corrected chi connectivity index (χ1v) is 6.17. The van der Waals surface area contributed by atoms with Gasteiger partial charge in [0.15, 0.2) is 0 Å². The predicted molar refractivity (Wildman–Crippen MR) is 66.2 cm³/mol. The lowest BCUT2D eigenvalue weighted by molar-refractivity contribution is 0.454. The number of nitrogen functional groups attached to an aromatic ring is 1. The van der Waals surface area contributed by atoms with Gasteiger partial charge in [-0.2, -0.15) is 0 Å². The van der Waals surface area contributed by atoms with E-state index >= 15 is 0 Å². The van der Waals surface area contributed by atoms with Crippen molar-refractivity contribution in [3.8, 4) is 0 Å². The molecule has 82 valence electrons. The Hall–Kier alpha value is -0.320. The number of nitrogens with zero attached hydrogens (tertiary/aromatic N) is 1. The monoisotopic (exact) mass is 289 g/mol. The molecule has 0 radical (unpaired) electrons. The van der Waals surface area contributed by atoms with Crippen LogP contribution in [-0.2, 0) is 0 Å². The maximum atomic E-state index is 5.93. The Morgan fingerprint density at radius 3 is 2.80 bits per heavy atom. The Kier molecular flexibility index (Phi) is 3.49. The van der Waals surface area contributed by atoms with Crippen molar-refractivity contribution < 1.29 is 0 Å². The maximum Gasteiger partial charge on any atom is 0.125 e. The fraction of sp³-hybridized carbons (Fsp3) is 0.500. The maximum absolute atomic E-state index is 5.93. The van der Waals surface area contributed by atoms with E-state index in [9.17, 15) is 0 Å². The van der Waals surface area contributed by atoms with Gasteiger partial charge in [0.25, 0.3) is 0 Å². The number of nitrogens with two attached hydrogens (primary N) is 1. The Balaban J connectivity index is 2.30. The summed E-state index contributed by atoms with van der Waals surface area (Å²) < 4.78 is 0.687. The van der Waals surface area contributed by atoms with E-state index in [4.69, 9.17) is 17.3 Å². The number of aromatic nitrogens is 1. The summed E-state index contributed by atoms with van der Waals surface area (Å²) in [6, 6.07) is 1.77. The van der Waals surface area contributed by atoms with Crippen molar-refractivity contribution in [2.45, 2.75) is 18.8 Å². The predicted octanol–water partition coefficient (Wildman–Crippen LogP) is 2.55. The van der Waals surface area contributed by atoms with Crippen LogP contribution in [0.2, 0.25) is 5.02 Å². The van der Waals surface area contributed by atoms with E-state index in [0.29, 0.717) is 21.2 Å². The molecule has 1 aromatic heterocycles. The Bertz CT molecular complexity index is 364. The number of nitrogens with one attached hydrogen (secondary N) is 1. The SMILES string of the molecule is Nc1cc(Cl)c(Br)nc1C1CCNCC1. The zero-order chi connectivity index (χ0) is 10.8. The average Bonchev–Trinajstić information content (AvgIpc) is 2.25. The second-order valence-electron chi connectivity index (χ2n) is 3.76. The molecular formula is C10H13BrClN3. The van der Waals surface area contributed by atoms with Crippen LogP contribution in [-0.4, -0.2) is 18.1 Å². The van der Waals surface area contributed by atoms with Crippen LogP contribution < -0.4 is 11.1 Å². The highest BCUT2D eigenvalue weighted by atomic mass is 79.9. The molecule has 1 aliphatic heterocycles. The molecule has 0 amide bonds. The first kappa shape index (κ1) is 11.2. The number of rotatable bonds is 1. The average molecular weight is 291 g/mol. The van der Waals surface area contributed by atoms with Crippen molar-refractivity contribution in [1.82, 2.24) is 10.3 Å². The normalized spacial score (nSPS) is 18.0. The van der Waals surface area contributed by atoms with E-state index in [1.54, 1.807) is 6.07 Å². The van der Waals surface area contributed by atoms with Crippen LogP contribution in [0.25, 0.3) is 0 Å². The van der Waals surface area contributed by atoms with Gasteiger partial charge in [-0.15, -0.1) is 0 Å². The molecule has 0 spiro atoms. The molecule has 0 aromatic carbocycles. The van der Waals surface area contributed by atoms with E-state index in [1.807, 2.05) is 0 Å². The third-order valence-corrected chi connectivity index (χ3v) is 3.84. The van der Waals surface area contributed by atoms with Gasteiger partial charge in [-0.05, 0) is 47.9 Å². The van der Waals surface area contributed by atoms with Crippen molar-refractivity contribution in [3.63, 3.8) is 0 Å². The van der Waals surface area contributed by atoms with Gasteiger partial charge in [0.05, 0.1) is 16.4 Å². The second-order valence-corrected chi connectivity index (χ2v) is 4.92. The highest BCUT2D eigenvalue weighted by Crippen LogP contribution is 2.32. The second kappa shape index (κ2) is 4.68. The highest BCUT2D eigenvalue weighted by Gasteiger charge is 2.19. The van der Waals surface area contributed by atoms with Gasteiger partial charge < -0.3 is 11.1 Å². The third kappa shape index (κ3) is 2.44. The van der Waals surface area contributed by atoms with Crippen LogP contribution in [0.5, 0.6) is 0 Å². The fourth-order valence-electron chi connectivity index (χ4n) is 1.92. The first-order chi connectivity index (χ1) is 7.18. The number of halogens is 2. The highest BCUT2D eigenvalue weighted by molar-refractivity contribution is 9.10. The summed E-state index contributed by atoms with van der Waals surface area (Å²) >= 11 is 9.26. The number of anilines is 1. The largest absolute Gasteiger partial charge is 0.397 e. The summed E-state index contributed by atoms with van der Waals surface area (Å²) in [5, 5.41) is 3.90. The van der Waals surface area contributed by atoms with Gasteiger partial charge in [-0.1, -0.05) is 11.6 Å². The van der Waals surface area contributed by atoms with Crippen LogP contribution in [0.1, 0.15) is 24.5 Å². The summed E-state index contributed by atoms with van der Waals surface area (Å²) in [7, 11) is 0. The number of hydrogen-bond donors (Lipinski definition) is 2. The summed E-state index contributed by atoms with van der Waals surface area (Å²) in [5.74, 6) is 0.458. The molecule has 0 saturated carbocycles. The summed E-state index contributed by atoms with van der Waals surface area (Å²) in [4.78, 5) is 4.43. The van der Waals surface area contributed by atoms with E-state index < -0.39 is 0 Å². The van der Waals surface area contributed by atoms with Crippen LogP contribution in [0.15, 0.2) is 10.7 Å². The van der Waals surface area contributed by atoms with E-state index in [-0.39, 0.29) is 0 Å². The van der Waals surface area contributed by atoms with Gasteiger partial charge in [-0.25, -0.2) is 4.98 Å². The molecule has 1 saturated heterocycles. The van der Waals surface area contributed by atoms with E-state index in [1.165, 1.54) is 0 Å². The molecule has 1 aromatic rings. The van der Waals surface area contributed by atoms with Crippen LogP contribution in [0.3, 0.4) is 0 Å². The van der Waals surface area contributed by atoms with Crippen molar-refractivity contribution in [1.29, 1.82) is 0 Å². The molecule has 2 heterocycles. The summed E-state index contributed by atoms with van der Waals surface area (Å²) in [5.41, 5.74) is 7.62. The molecule has 0 bridgehead atoms. The Morgan fingerprint density at radius 1 is 1.47 bits per heavy atom. The summed E-state index contributed by atoms with van der Waals surface area (Å²) in [6.07, 6.45) is 2.18. The topological polar surface area (TPSA) is 50.9 Å². The lowest BCUT2D eigenvalue weighted by atomic mass is 9.93. The molecule has 3 nitrogen and oxygen atoms in total. The number of pyridine rings is 1. The van der Waals surface area contributed by atoms with Crippen molar-refractivity contribution in [3.05, 3.63) is 21.4 Å². The van der Waals surface area contributed by atoms with E-state index in [2.05, 4.69) is 26.2 Å². The molecule has 5 heteroatoms. The Morgan fingerprint density at radius 2 is 2.13 bits per heavy atom. The van der Waals surface area contributed by atoms with Crippen LogP contribution >= 0.6 is 27.5 Å². The van der Waals surface area contributed by atoms with Crippen molar-refractivity contribution in [2.24, 2.45) is 0 Å². The Labute approximate surface area is 103 Å². The minimum absolute atomic E-state index is 0.458. The molecule has 2 rings (SSSR count). The molecule has 15 heavy (non-hydrogen) atoms. The van der Waals surface area contributed by atoms with E-state index in [0.717, 1.165) is 31.6 Å². The number of piperidine rings is 1. The van der Waals surface area contributed by atoms with Crippen LogP contribution in [0, 0.1) is 0 Å². The minimum Gasteiger partial charge on any atom is -0.397 e. The molecular weight excluding hydrogens is 277 g/mol. The third-order valence-electron chi connectivity index (χ3n) is 2.72. The zero-order valence-corrected chi connectivity index (χ0v) is 10.6. The lowest BCUT2D eigenvalue weighted by Gasteiger charge is -2.23. The molecule has 0 atom stereocenters. The molecule has 1 fully saturated rings. The molecule has 1 aliphatic rings. The molecule has 3 N–H and O–H groups in total. The minimum atomic E-state index is 0.458. The van der Waals surface area contributed by atoms with Gasteiger partial charge >= 0.3 is 0 Å². The zero-order valence-electron chi connectivity index (χ0n) is 8.26. The lowest BCUT2D eigenvalue weighted by Crippen LogP contribution is -2.27.